The average molecular weight is 313 g/mol. The lowest BCUT2D eigenvalue weighted by atomic mass is 9.99. The van der Waals surface area contributed by atoms with Crippen molar-refractivity contribution < 1.29 is 9.26 Å². The Morgan fingerprint density at radius 1 is 1.52 bits per heavy atom. The summed E-state index contributed by atoms with van der Waals surface area (Å²) in [5, 5.41) is 12.8. The first-order valence-corrected chi connectivity index (χ1v) is 7.73. The number of pyridine rings is 1. The molecule has 1 fully saturated rings. The molecule has 0 radical (unpaired) electrons. The van der Waals surface area contributed by atoms with Crippen LogP contribution in [0.3, 0.4) is 0 Å². The van der Waals surface area contributed by atoms with Crippen LogP contribution < -0.4 is 4.74 Å². The Kier molecular flexibility index (Phi) is 4.83. The first kappa shape index (κ1) is 15.4. The van der Waals surface area contributed by atoms with Gasteiger partial charge in [0.05, 0.1) is 24.8 Å². The zero-order valence-corrected chi connectivity index (χ0v) is 13.1. The summed E-state index contributed by atoms with van der Waals surface area (Å²) >= 11 is 0. The quantitative estimate of drug-likeness (QED) is 0.833. The lowest BCUT2D eigenvalue weighted by molar-refractivity contribution is 0.120. The van der Waals surface area contributed by atoms with E-state index in [4.69, 9.17) is 14.5 Å². The number of hydrogen-bond acceptors (Lipinski definition) is 7. The summed E-state index contributed by atoms with van der Waals surface area (Å²) < 4.78 is 10.8. The molecular formula is C16H19N5O2. The smallest absolute Gasteiger partial charge is 0.223 e. The second-order valence-corrected chi connectivity index (χ2v) is 5.78. The van der Waals surface area contributed by atoms with Gasteiger partial charge in [-0.3, -0.25) is 4.90 Å². The van der Waals surface area contributed by atoms with E-state index >= 15 is 0 Å². The Morgan fingerprint density at radius 2 is 2.43 bits per heavy atom. The third kappa shape index (κ3) is 4.27. The van der Waals surface area contributed by atoms with Crippen molar-refractivity contribution in [2.24, 2.45) is 5.92 Å². The van der Waals surface area contributed by atoms with Crippen molar-refractivity contribution in [2.45, 2.75) is 26.3 Å². The normalized spacial score (nSPS) is 18.5. The van der Waals surface area contributed by atoms with E-state index in [1.807, 2.05) is 0 Å². The number of aryl methyl sites for hydroxylation is 1. The molecule has 1 aliphatic heterocycles. The van der Waals surface area contributed by atoms with Gasteiger partial charge in [0.25, 0.3) is 0 Å². The van der Waals surface area contributed by atoms with Gasteiger partial charge in [0.15, 0.2) is 5.82 Å². The maximum Gasteiger partial charge on any atom is 0.223 e. The second kappa shape index (κ2) is 7.20. The Labute approximate surface area is 134 Å². The first-order valence-electron chi connectivity index (χ1n) is 7.73. The van der Waals surface area contributed by atoms with E-state index in [0.717, 1.165) is 31.8 Å². The molecule has 3 heterocycles. The fourth-order valence-electron chi connectivity index (χ4n) is 2.80. The van der Waals surface area contributed by atoms with Crippen LogP contribution in [0.2, 0.25) is 0 Å². The summed E-state index contributed by atoms with van der Waals surface area (Å²) in [4.78, 5) is 10.7. The monoisotopic (exact) mass is 313 g/mol. The van der Waals surface area contributed by atoms with Gasteiger partial charge in [0, 0.05) is 31.6 Å². The number of nitriles is 1. The van der Waals surface area contributed by atoms with Crippen LogP contribution in [-0.2, 0) is 6.54 Å². The van der Waals surface area contributed by atoms with E-state index in [0.29, 0.717) is 36.4 Å². The summed E-state index contributed by atoms with van der Waals surface area (Å²) in [6.45, 7) is 5.07. The van der Waals surface area contributed by atoms with Crippen molar-refractivity contribution in [1.29, 1.82) is 5.26 Å². The molecule has 1 saturated heterocycles. The predicted octanol–water partition coefficient (Wildman–Crippen LogP) is 1.94. The van der Waals surface area contributed by atoms with E-state index in [1.54, 1.807) is 25.3 Å². The van der Waals surface area contributed by atoms with Crippen LogP contribution in [0.4, 0.5) is 0 Å². The number of nitrogens with zero attached hydrogens (tertiary/aromatic N) is 5. The zero-order chi connectivity index (χ0) is 16.1. The van der Waals surface area contributed by atoms with E-state index in [9.17, 15) is 0 Å². The Balaban J connectivity index is 1.51. The molecule has 2 aromatic heterocycles. The van der Waals surface area contributed by atoms with Crippen molar-refractivity contribution in [1.82, 2.24) is 20.0 Å². The van der Waals surface area contributed by atoms with Gasteiger partial charge in [-0.2, -0.15) is 10.2 Å². The highest BCUT2D eigenvalue weighted by Crippen LogP contribution is 2.19. The van der Waals surface area contributed by atoms with Gasteiger partial charge in [0.1, 0.15) is 0 Å². The molecule has 23 heavy (non-hydrogen) atoms. The van der Waals surface area contributed by atoms with E-state index < -0.39 is 0 Å². The van der Waals surface area contributed by atoms with Gasteiger partial charge >= 0.3 is 0 Å². The lowest BCUT2D eigenvalue weighted by Gasteiger charge is -2.31. The summed E-state index contributed by atoms with van der Waals surface area (Å²) in [5.74, 6) is 2.27. The highest BCUT2D eigenvalue weighted by molar-refractivity contribution is 5.31. The minimum Gasteiger partial charge on any atom is -0.477 e. The average Bonchev–Trinajstić information content (AvgIpc) is 2.98. The number of aromatic nitrogens is 3. The van der Waals surface area contributed by atoms with Gasteiger partial charge in [-0.25, -0.2) is 4.98 Å². The van der Waals surface area contributed by atoms with Gasteiger partial charge in [-0.1, -0.05) is 5.16 Å². The minimum absolute atomic E-state index is 0.435. The Bertz CT molecular complexity index is 694. The van der Waals surface area contributed by atoms with Crippen LogP contribution >= 0.6 is 0 Å². The van der Waals surface area contributed by atoms with Crippen LogP contribution in [0, 0.1) is 24.2 Å². The molecule has 7 heteroatoms. The topological polar surface area (TPSA) is 88.1 Å². The fourth-order valence-corrected chi connectivity index (χ4v) is 2.80. The molecule has 2 aromatic rings. The molecule has 1 unspecified atom stereocenters. The maximum absolute atomic E-state index is 8.90. The van der Waals surface area contributed by atoms with E-state index in [2.05, 4.69) is 26.1 Å². The SMILES string of the molecule is Cc1nc(CN2CCCC(COc3cc(C#N)ccn3)C2)no1. The van der Waals surface area contributed by atoms with Crippen molar-refractivity contribution >= 4 is 0 Å². The van der Waals surface area contributed by atoms with Crippen molar-refractivity contribution in [3.8, 4) is 11.9 Å². The van der Waals surface area contributed by atoms with Crippen LogP contribution in [0.5, 0.6) is 5.88 Å². The number of likely N-dealkylation sites (tertiary alicyclic amines) is 1. The molecule has 7 nitrogen and oxygen atoms in total. The van der Waals surface area contributed by atoms with Crippen molar-refractivity contribution in [3.63, 3.8) is 0 Å². The minimum atomic E-state index is 0.435. The second-order valence-electron chi connectivity index (χ2n) is 5.78. The van der Waals surface area contributed by atoms with Crippen molar-refractivity contribution in [2.75, 3.05) is 19.7 Å². The molecule has 0 aromatic carbocycles. The zero-order valence-electron chi connectivity index (χ0n) is 13.1. The summed E-state index contributed by atoms with van der Waals surface area (Å²) in [6.07, 6.45) is 3.84. The molecule has 0 spiro atoms. The number of ether oxygens (including phenoxy) is 1. The molecule has 3 rings (SSSR count). The summed E-state index contributed by atoms with van der Waals surface area (Å²) in [6, 6.07) is 5.43. The number of hydrogen-bond donors (Lipinski definition) is 0. The highest BCUT2D eigenvalue weighted by Gasteiger charge is 2.22. The molecule has 1 atom stereocenters. The van der Waals surface area contributed by atoms with Gasteiger partial charge in [0.2, 0.25) is 11.8 Å². The molecule has 0 amide bonds. The fraction of sp³-hybridized carbons (Fsp3) is 0.500. The number of piperidine rings is 1. The van der Waals surface area contributed by atoms with Crippen molar-refractivity contribution in [3.05, 3.63) is 35.6 Å². The van der Waals surface area contributed by atoms with Gasteiger partial charge in [-0.05, 0) is 25.5 Å². The van der Waals surface area contributed by atoms with Gasteiger partial charge < -0.3 is 9.26 Å². The van der Waals surface area contributed by atoms with E-state index in [-0.39, 0.29) is 0 Å². The predicted molar refractivity (Wildman–Crippen MR) is 81.5 cm³/mol. The van der Waals surface area contributed by atoms with Crippen LogP contribution in [0.1, 0.15) is 30.1 Å². The van der Waals surface area contributed by atoms with Gasteiger partial charge in [-0.15, -0.1) is 0 Å². The first-order chi connectivity index (χ1) is 11.2. The maximum atomic E-state index is 8.90. The molecule has 120 valence electrons. The molecule has 1 aliphatic rings. The molecule has 0 aliphatic carbocycles. The Hall–Kier alpha value is -2.46. The largest absolute Gasteiger partial charge is 0.477 e. The number of rotatable bonds is 5. The standard InChI is InChI=1S/C16H19N5O2/c1-12-19-15(20-23-12)10-21-6-2-3-14(9-21)11-22-16-7-13(8-17)4-5-18-16/h4-5,7,14H,2-3,6,9-11H2,1H3. The summed E-state index contributed by atoms with van der Waals surface area (Å²) in [7, 11) is 0. The molecule has 0 bridgehead atoms. The lowest BCUT2D eigenvalue weighted by Crippen LogP contribution is -2.37. The van der Waals surface area contributed by atoms with Crippen LogP contribution in [0.15, 0.2) is 22.9 Å². The van der Waals surface area contributed by atoms with Crippen LogP contribution in [-0.4, -0.2) is 39.7 Å². The highest BCUT2D eigenvalue weighted by atomic mass is 16.5. The third-order valence-corrected chi connectivity index (χ3v) is 3.87. The van der Waals surface area contributed by atoms with Crippen LogP contribution in [0.25, 0.3) is 0 Å². The van der Waals surface area contributed by atoms with E-state index in [1.165, 1.54) is 0 Å². The molecule has 0 saturated carbocycles. The Morgan fingerprint density at radius 3 is 3.22 bits per heavy atom. The molecule has 0 N–H and O–H groups in total. The molecular weight excluding hydrogens is 294 g/mol. The summed E-state index contributed by atoms with van der Waals surface area (Å²) in [5.41, 5.74) is 0.563. The third-order valence-electron chi connectivity index (χ3n) is 3.87.